The topological polar surface area (TPSA) is 89.9 Å². The maximum atomic E-state index is 13.6. The van der Waals surface area contributed by atoms with Crippen molar-refractivity contribution in [3.63, 3.8) is 0 Å². The van der Waals surface area contributed by atoms with Crippen LogP contribution in [0.1, 0.15) is 46.0 Å². The smallest absolute Gasteiger partial charge is 0.410 e. The van der Waals surface area contributed by atoms with Crippen molar-refractivity contribution in [3.05, 3.63) is 53.4 Å². The molecule has 0 spiro atoms. The largest absolute Gasteiger partial charge is 0.467 e. The number of fused-ring (bicyclic) bond motifs is 1. The first-order valence-corrected chi connectivity index (χ1v) is 8.96. The van der Waals surface area contributed by atoms with Gasteiger partial charge in [-0.2, -0.15) is 23.4 Å². The molecule has 0 aliphatic carbocycles. The molecule has 1 aliphatic heterocycles. The molecule has 2 unspecified atom stereocenters. The van der Waals surface area contributed by atoms with E-state index >= 15 is 0 Å². The normalized spacial score (nSPS) is 18.9. The van der Waals surface area contributed by atoms with Gasteiger partial charge in [-0.25, -0.2) is 4.68 Å². The van der Waals surface area contributed by atoms with E-state index in [-0.39, 0.29) is 24.5 Å². The number of halogens is 3. The summed E-state index contributed by atoms with van der Waals surface area (Å²) in [6, 6.07) is 2.01. The van der Waals surface area contributed by atoms with Crippen LogP contribution in [0.2, 0.25) is 0 Å². The first-order valence-electron chi connectivity index (χ1n) is 8.96. The number of nitrogens with one attached hydrogen (secondary N) is 2. The first kappa shape index (κ1) is 19.1. The highest BCUT2D eigenvalue weighted by atomic mass is 19.4. The van der Waals surface area contributed by atoms with Gasteiger partial charge in [0.15, 0.2) is 11.7 Å². The quantitative estimate of drug-likeness (QED) is 0.692. The average molecular weight is 408 g/mol. The predicted octanol–water partition coefficient (Wildman–Crippen LogP) is 3.11. The minimum absolute atomic E-state index is 0.0941. The molecule has 2 atom stereocenters. The lowest BCUT2D eigenvalue weighted by Crippen LogP contribution is -2.35. The van der Waals surface area contributed by atoms with Gasteiger partial charge in [-0.1, -0.05) is 0 Å². The van der Waals surface area contributed by atoms with E-state index in [2.05, 4.69) is 20.8 Å². The number of alkyl halides is 3. The van der Waals surface area contributed by atoms with Crippen molar-refractivity contribution in [1.82, 2.24) is 24.9 Å². The summed E-state index contributed by atoms with van der Waals surface area (Å²) in [4.78, 5) is 12.5. The minimum Gasteiger partial charge on any atom is -0.467 e. The van der Waals surface area contributed by atoms with E-state index in [4.69, 9.17) is 4.42 Å². The van der Waals surface area contributed by atoms with Gasteiger partial charge in [0.25, 0.3) is 5.91 Å². The van der Waals surface area contributed by atoms with Crippen molar-refractivity contribution in [2.75, 3.05) is 5.32 Å². The monoisotopic (exact) mass is 408 g/mol. The van der Waals surface area contributed by atoms with Crippen molar-refractivity contribution < 1.29 is 22.4 Å². The zero-order chi connectivity index (χ0) is 20.8. The van der Waals surface area contributed by atoms with Gasteiger partial charge >= 0.3 is 6.18 Å². The van der Waals surface area contributed by atoms with E-state index < -0.39 is 24.2 Å². The number of anilines is 1. The molecule has 11 heteroatoms. The van der Waals surface area contributed by atoms with Crippen molar-refractivity contribution in [2.45, 2.75) is 38.1 Å². The molecule has 0 saturated carbocycles. The Bertz CT molecular complexity index is 1020. The van der Waals surface area contributed by atoms with Crippen molar-refractivity contribution in [2.24, 2.45) is 7.05 Å². The van der Waals surface area contributed by atoms with Gasteiger partial charge in [0.2, 0.25) is 0 Å². The number of hydrogen-bond donors (Lipinski definition) is 2. The molecule has 0 radical (unpaired) electrons. The minimum atomic E-state index is -4.52. The van der Waals surface area contributed by atoms with Crippen LogP contribution in [0.25, 0.3) is 0 Å². The van der Waals surface area contributed by atoms with Crippen LogP contribution in [0.3, 0.4) is 0 Å². The van der Waals surface area contributed by atoms with Crippen molar-refractivity contribution >= 4 is 11.7 Å². The van der Waals surface area contributed by atoms with Gasteiger partial charge in [-0.3, -0.25) is 9.48 Å². The molecule has 0 aromatic carbocycles. The number of carbonyl (C=O) groups is 1. The molecule has 3 aromatic rings. The van der Waals surface area contributed by atoms with Gasteiger partial charge in [0.05, 0.1) is 18.0 Å². The van der Waals surface area contributed by atoms with Gasteiger partial charge in [-0.15, -0.1) is 0 Å². The SMILES string of the molecule is Cc1nn(C)cc1CNC(=O)c1cc2n(n1)C(C(F)(F)F)CC(c1ccco1)N2. The van der Waals surface area contributed by atoms with Gasteiger partial charge < -0.3 is 15.1 Å². The molecule has 29 heavy (non-hydrogen) atoms. The molecule has 0 saturated heterocycles. The number of carbonyl (C=O) groups excluding carboxylic acids is 1. The predicted molar refractivity (Wildman–Crippen MR) is 96.1 cm³/mol. The van der Waals surface area contributed by atoms with E-state index in [1.165, 1.54) is 12.3 Å². The highest BCUT2D eigenvalue weighted by Gasteiger charge is 2.47. The fourth-order valence-electron chi connectivity index (χ4n) is 3.45. The summed E-state index contributed by atoms with van der Waals surface area (Å²) >= 11 is 0. The zero-order valence-corrected chi connectivity index (χ0v) is 15.7. The Morgan fingerprint density at radius 3 is 2.83 bits per heavy atom. The molecule has 8 nitrogen and oxygen atoms in total. The third-order valence-corrected chi connectivity index (χ3v) is 4.86. The summed E-state index contributed by atoms with van der Waals surface area (Å²) < 4.78 is 48.6. The number of nitrogens with zero attached hydrogens (tertiary/aromatic N) is 4. The number of amides is 1. The standard InChI is InChI=1S/C18H19F3N6O2/c1-10-11(9-26(2)24-10)8-22-17(28)13-7-16-23-12(14-4-3-5-29-14)6-15(18(19,20)21)27(16)25-13/h3-5,7,9,12,15,23H,6,8H2,1-2H3,(H,22,28). The van der Waals surface area contributed by atoms with E-state index in [1.54, 1.807) is 30.1 Å². The number of furan rings is 1. The van der Waals surface area contributed by atoms with Gasteiger partial charge in [0, 0.05) is 37.8 Å². The number of hydrogen-bond acceptors (Lipinski definition) is 5. The third kappa shape index (κ3) is 3.71. The molecule has 3 aromatic heterocycles. The van der Waals surface area contributed by atoms with E-state index in [1.807, 2.05) is 6.92 Å². The van der Waals surface area contributed by atoms with E-state index in [0.717, 1.165) is 15.9 Å². The molecule has 4 heterocycles. The van der Waals surface area contributed by atoms with Gasteiger partial charge in [-0.05, 0) is 19.1 Å². The maximum absolute atomic E-state index is 13.6. The molecule has 4 rings (SSSR count). The lowest BCUT2D eigenvalue weighted by atomic mass is 10.0. The molecule has 2 N–H and O–H groups in total. The van der Waals surface area contributed by atoms with Crippen LogP contribution >= 0.6 is 0 Å². The fraction of sp³-hybridized carbons (Fsp3) is 0.389. The van der Waals surface area contributed by atoms with Crippen LogP contribution in [0.4, 0.5) is 19.0 Å². The molecule has 1 aliphatic rings. The summed E-state index contributed by atoms with van der Waals surface area (Å²) in [6.07, 6.45) is -1.64. The Labute approximate surface area is 163 Å². The summed E-state index contributed by atoms with van der Waals surface area (Å²) in [5.74, 6) is -0.0557. The van der Waals surface area contributed by atoms with E-state index in [9.17, 15) is 18.0 Å². The number of aromatic nitrogens is 4. The Morgan fingerprint density at radius 1 is 1.41 bits per heavy atom. The zero-order valence-electron chi connectivity index (χ0n) is 15.7. The maximum Gasteiger partial charge on any atom is 0.410 e. The molecule has 154 valence electrons. The summed E-state index contributed by atoms with van der Waals surface area (Å²) in [6.45, 7) is 2.01. The molecular weight excluding hydrogens is 389 g/mol. The second-order valence-electron chi connectivity index (χ2n) is 6.96. The van der Waals surface area contributed by atoms with Crippen molar-refractivity contribution in [1.29, 1.82) is 0 Å². The van der Waals surface area contributed by atoms with Crippen LogP contribution in [-0.4, -0.2) is 31.6 Å². The molecule has 0 bridgehead atoms. The summed E-state index contributed by atoms with van der Waals surface area (Å²) in [5.41, 5.74) is 1.48. The number of rotatable bonds is 4. The Hall–Kier alpha value is -3.24. The molecule has 0 fully saturated rings. The van der Waals surface area contributed by atoms with Crippen LogP contribution in [0.5, 0.6) is 0 Å². The second kappa shape index (κ2) is 6.98. The van der Waals surface area contributed by atoms with Crippen molar-refractivity contribution in [3.8, 4) is 0 Å². The van der Waals surface area contributed by atoms with Crippen LogP contribution < -0.4 is 10.6 Å². The highest BCUT2D eigenvalue weighted by molar-refractivity contribution is 5.93. The molecular formula is C18H19F3N6O2. The highest BCUT2D eigenvalue weighted by Crippen LogP contribution is 2.43. The average Bonchev–Trinajstić information content (AvgIpc) is 3.37. The second-order valence-corrected chi connectivity index (χ2v) is 6.96. The summed E-state index contributed by atoms with van der Waals surface area (Å²) in [5, 5.41) is 13.8. The molecule has 1 amide bonds. The Morgan fingerprint density at radius 2 is 2.21 bits per heavy atom. The first-order chi connectivity index (χ1) is 13.7. The van der Waals surface area contributed by atoms with Crippen LogP contribution in [0, 0.1) is 6.92 Å². The van der Waals surface area contributed by atoms with Crippen LogP contribution in [0.15, 0.2) is 35.1 Å². The Kier molecular flexibility index (Phi) is 4.59. The summed E-state index contributed by atoms with van der Waals surface area (Å²) in [7, 11) is 1.76. The lowest BCUT2D eigenvalue weighted by molar-refractivity contribution is -0.174. The van der Waals surface area contributed by atoms with Gasteiger partial charge in [0.1, 0.15) is 11.6 Å². The van der Waals surface area contributed by atoms with Crippen LogP contribution in [-0.2, 0) is 13.6 Å². The fourth-order valence-corrected chi connectivity index (χ4v) is 3.45. The lowest BCUT2D eigenvalue weighted by Gasteiger charge is -2.32. The third-order valence-electron chi connectivity index (χ3n) is 4.86. The number of aryl methyl sites for hydroxylation is 2. The van der Waals surface area contributed by atoms with E-state index in [0.29, 0.717) is 5.76 Å². The Balaban J connectivity index is 1.57.